The van der Waals surface area contributed by atoms with Crippen LogP contribution in [0.1, 0.15) is 16.1 Å². The molecule has 0 aliphatic carbocycles. The number of rotatable bonds is 5. The molecule has 2 aromatic heterocycles. The highest BCUT2D eigenvalue weighted by Crippen LogP contribution is 2.25. The van der Waals surface area contributed by atoms with Crippen molar-refractivity contribution in [2.24, 2.45) is 0 Å². The lowest BCUT2D eigenvalue weighted by Crippen LogP contribution is -2.48. The van der Waals surface area contributed by atoms with Crippen LogP contribution in [0, 0.1) is 0 Å². The van der Waals surface area contributed by atoms with Gasteiger partial charge in [0, 0.05) is 49.7 Å². The summed E-state index contributed by atoms with van der Waals surface area (Å²) < 4.78 is 10.7. The van der Waals surface area contributed by atoms with Crippen molar-refractivity contribution in [2.45, 2.75) is 6.54 Å². The van der Waals surface area contributed by atoms with E-state index < -0.39 is 0 Å². The first kappa shape index (κ1) is 18.2. The van der Waals surface area contributed by atoms with Crippen LogP contribution in [0.2, 0.25) is 0 Å². The first-order chi connectivity index (χ1) is 13.7. The zero-order chi connectivity index (χ0) is 19.3. The summed E-state index contributed by atoms with van der Waals surface area (Å²) in [5.74, 6) is 1.47. The maximum atomic E-state index is 12.8. The van der Waals surface area contributed by atoms with E-state index >= 15 is 0 Å². The number of furan rings is 1. The quantitative estimate of drug-likeness (QED) is 0.680. The Kier molecular flexibility index (Phi) is 5.34. The zero-order valence-electron chi connectivity index (χ0n) is 15.7. The molecular weight excluding hydrogens is 356 g/mol. The fraction of sp³-hybridized carbons (Fsp3) is 0.286. The number of nitrogens with zero attached hydrogens (tertiary/aromatic N) is 4. The summed E-state index contributed by atoms with van der Waals surface area (Å²) in [6.07, 6.45) is 4.90. The van der Waals surface area contributed by atoms with Crippen LogP contribution in [0.25, 0.3) is 11.3 Å². The molecule has 0 bridgehead atoms. The molecule has 3 aromatic rings. The summed E-state index contributed by atoms with van der Waals surface area (Å²) in [7, 11) is 1.57. The first-order valence-electron chi connectivity index (χ1n) is 9.24. The molecule has 7 nitrogen and oxygen atoms in total. The second-order valence-electron chi connectivity index (χ2n) is 6.64. The van der Waals surface area contributed by atoms with Crippen LogP contribution in [-0.2, 0) is 6.54 Å². The molecule has 7 heteroatoms. The molecule has 144 valence electrons. The number of carbonyl (C=O) groups is 1. The summed E-state index contributed by atoms with van der Waals surface area (Å²) in [5.41, 5.74) is 2.20. The van der Waals surface area contributed by atoms with Gasteiger partial charge in [0.1, 0.15) is 11.5 Å². The fourth-order valence-corrected chi connectivity index (χ4v) is 3.36. The Morgan fingerprint density at radius 3 is 2.50 bits per heavy atom. The van der Waals surface area contributed by atoms with Gasteiger partial charge in [0.05, 0.1) is 19.9 Å². The van der Waals surface area contributed by atoms with Gasteiger partial charge >= 0.3 is 0 Å². The number of hydrogen-bond donors (Lipinski definition) is 0. The number of amides is 1. The van der Waals surface area contributed by atoms with E-state index in [-0.39, 0.29) is 5.91 Å². The van der Waals surface area contributed by atoms with Crippen LogP contribution in [0.15, 0.2) is 59.5 Å². The molecule has 0 unspecified atom stereocenters. The second kappa shape index (κ2) is 8.22. The summed E-state index contributed by atoms with van der Waals surface area (Å²) in [5, 5.41) is 0. The van der Waals surface area contributed by atoms with Crippen molar-refractivity contribution in [3.8, 4) is 17.1 Å². The lowest BCUT2D eigenvalue weighted by molar-refractivity contribution is 0.0620. The normalized spacial score (nSPS) is 14.8. The first-order valence-corrected chi connectivity index (χ1v) is 9.24. The van der Waals surface area contributed by atoms with Crippen molar-refractivity contribution in [3.05, 3.63) is 66.4 Å². The summed E-state index contributed by atoms with van der Waals surface area (Å²) in [4.78, 5) is 25.5. The minimum Gasteiger partial charge on any atom is -0.479 e. The van der Waals surface area contributed by atoms with E-state index in [0.717, 1.165) is 31.0 Å². The molecule has 28 heavy (non-hydrogen) atoms. The van der Waals surface area contributed by atoms with Crippen LogP contribution < -0.4 is 4.74 Å². The van der Waals surface area contributed by atoms with Crippen LogP contribution in [-0.4, -0.2) is 59.0 Å². The van der Waals surface area contributed by atoms with Crippen molar-refractivity contribution in [1.29, 1.82) is 0 Å². The van der Waals surface area contributed by atoms with E-state index in [1.165, 1.54) is 0 Å². The lowest BCUT2D eigenvalue weighted by Gasteiger charge is -2.34. The van der Waals surface area contributed by atoms with Crippen molar-refractivity contribution in [1.82, 2.24) is 19.8 Å². The highest BCUT2D eigenvalue weighted by molar-refractivity contribution is 5.94. The maximum Gasteiger partial charge on any atom is 0.253 e. The van der Waals surface area contributed by atoms with Crippen molar-refractivity contribution < 1.29 is 13.9 Å². The van der Waals surface area contributed by atoms with E-state index in [9.17, 15) is 4.79 Å². The van der Waals surface area contributed by atoms with E-state index in [1.807, 2.05) is 41.3 Å². The van der Waals surface area contributed by atoms with Gasteiger partial charge in [-0.15, -0.1) is 0 Å². The van der Waals surface area contributed by atoms with E-state index in [0.29, 0.717) is 30.2 Å². The molecular formula is C21H22N4O3. The van der Waals surface area contributed by atoms with Crippen molar-refractivity contribution >= 4 is 5.91 Å². The topological polar surface area (TPSA) is 71.7 Å². The zero-order valence-corrected chi connectivity index (χ0v) is 15.7. The fourth-order valence-electron chi connectivity index (χ4n) is 3.36. The van der Waals surface area contributed by atoms with Crippen molar-refractivity contribution in [3.63, 3.8) is 0 Å². The third kappa shape index (κ3) is 3.89. The highest BCUT2D eigenvalue weighted by atomic mass is 16.5. The Labute approximate surface area is 163 Å². The molecule has 1 fully saturated rings. The van der Waals surface area contributed by atoms with Crippen LogP contribution in [0.4, 0.5) is 0 Å². The monoisotopic (exact) mass is 378 g/mol. The predicted molar refractivity (Wildman–Crippen MR) is 104 cm³/mol. The minimum absolute atomic E-state index is 0.0512. The van der Waals surface area contributed by atoms with E-state index in [1.54, 1.807) is 25.8 Å². The number of hydrogen-bond acceptors (Lipinski definition) is 6. The number of methoxy groups -OCH3 is 1. The second-order valence-corrected chi connectivity index (χ2v) is 6.64. The number of ether oxygens (including phenoxy) is 1. The Morgan fingerprint density at radius 2 is 1.82 bits per heavy atom. The molecule has 1 aliphatic heterocycles. The number of benzene rings is 1. The maximum absolute atomic E-state index is 12.8. The minimum atomic E-state index is 0.0512. The Morgan fingerprint density at radius 1 is 1.07 bits per heavy atom. The van der Waals surface area contributed by atoms with E-state index in [2.05, 4.69) is 14.9 Å². The number of piperazine rings is 1. The molecule has 1 aliphatic rings. The Hall–Kier alpha value is -3.19. The average molecular weight is 378 g/mol. The highest BCUT2D eigenvalue weighted by Gasteiger charge is 2.22. The average Bonchev–Trinajstić information content (AvgIpc) is 3.27. The summed E-state index contributed by atoms with van der Waals surface area (Å²) >= 11 is 0. The largest absolute Gasteiger partial charge is 0.479 e. The van der Waals surface area contributed by atoms with Gasteiger partial charge in [-0.1, -0.05) is 12.1 Å². The standard InChI is InChI=1S/C21H22N4O3/c1-27-20-19(22-8-9-23-20)16-4-6-17(7-5-16)21(26)25-12-10-24(11-13-25)15-18-3-2-14-28-18/h2-9,14H,10-13,15H2,1H3. The van der Waals surface area contributed by atoms with Gasteiger partial charge in [0.25, 0.3) is 5.91 Å². The van der Waals surface area contributed by atoms with Crippen LogP contribution >= 0.6 is 0 Å². The lowest BCUT2D eigenvalue weighted by atomic mass is 10.1. The molecule has 0 N–H and O–H groups in total. The van der Waals surface area contributed by atoms with Crippen LogP contribution in [0.3, 0.4) is 0 Å². The molecule has 1 saturated heterocycles. The molecule has 1 aromatic carbocycles. The molecule has 3 heterocycles. The van der Waals surface area contributed by atoms with Gasteiger partial charge in [0.15, 0.2) is 0 Å². The summed E-state index contributed by atoms with van der Waals surface area (Å²) in [6.45, 7) is 3.87. The van der Waals surface area contributed by atoms with Gasteiger partial charge in [-0.25, -0.2) is 9.97 Å². The third-order valence-electron chi connectivity index (χ3n) is 4.88. The molecule has 0 spiro atoms. The third-order valence-corrected chi connectivity index (χ3v) is 4.88. The Bertz CT molecular complexity index is 917. The van der Waals surface area contributed by atoms with Gasteiger partial charge in [0.2, 0.25) is 5.88 Å². The number of carbonyl (C=O) groups excluding carboxylic acids is 1. The smallest absolute Gasteiger partial charge is 0.253 e. The van der Waals surface area contributed by atoms with Gasteiger partial charge < -0.3 is 14.1 Å². The molecule has 0 radical (unpaired) electrons. The van der Waals surface area contributed by atoms with Gasteiger partial charge in [-0.2, -0.15) is 0 Å². The Balaban J connectivity index is 1.39. The molecule has 0 saturated carbocycles. The number of aromatic nitrogens is 2. The molecule has 4 rings (SSSR count). The van der Waals surface area contributed by atoms with Gasteiger partial charge in [-0.05, 0) is 24.3 Å². The van der Waals surface area contributed by atoms with E-state index in [4.69, 9.17) is 9.15 Å². The SMILES string of the molecule is COc1nccnc1-c1ccc(C(=O)N2CCN(Cc3ccco3)CC2)cc1. The van der Waals surface area contributed by atoms with Gasteiger partial charge in [-0.3, -0.25) is 9.69 Å². The summed E-state index contributed by atoms with van der Waals surface area (Å²) in [6, 6.07) is 11.3. The molecule has 1 amide bonds. The predicted octanol–water partition coefficient (Wildman–Crippen LogP) is 2.70. The van der Waals surface area contributed by atoms with Crippen molar-refractivity contribution in [2.75, 3.05) is 33.3 Å². The van der Waals surface area contributed by atoms with Crippen LogP contribution in [0.5, 0.6) is 5.88 Å². The molecule has 0 atom stereocenters.